The zero-order valence-electron chi connectivity index (χ0n) is 13.4. The molecule has 2 aromatic carbocycles. The van der Waals surface area contributed by atoms with Crippen LogP contribution in [0.2, 0.25) is 0 Å². The fourth-order valence-corrected chi connectivity index (χ4v) is 1.92. The first kappa shape index (κ1) is 16.5. The Bertz CT molecular complexity index is 689. The molecule has 0 saturated carbocycles. The van der Waals surface area contributed by atoms with Crippen molar-refractivity contribution in [3.63, 3.8) is 0 Å². The molecule has 2 aromatic rings. The molecule has 0 aliphatic rings. The van der Waals surface area contributed by atoms with Gasteiger partial charge in [0.1, 0.15) is 11.5 Å². The standard InChI is InChI=1S/C18H20N2O3/c1-12(2)23-17-10-6-15(7-11-17)18(22)20-19-13(3)14-4-8-16(21)9-5-14/h4-12,21H,1-3H3,(H,20,22)/b19-13+. The number of ether oxygens (including phenoxy) is 1. The number of benzene rings is 2. The Morgan fingerprint density at radius 2 is 1.61 bits per heavy atom. The second-order valence-electron chi connectivity index (χ2n) is 5.38. The van der Waals surface area contributed by atoms with E-state index in [0.29, 0.717) is 11.3 Å². The Morgan fingerprint density at radius 3 is 2.17 bits per heavy atom. The average Bonchev–Trinajstić information content (AvgIpc) is 2.53. The monoisotopic (exact) mass is 312 g/mol. The van der Waals surface area contributed by atoms with Gasteiger partial charge in [-0.3, -0.25) is 4.79 Å². The van der Waals surface area contributed by atoms with Crippen LogP contribution in [-0.4, -0.2) is 22.8 Å². The summed E-state index contributed by atoms with van der Waals surface area (Å²) in [6.45, 7) is 5.68. The van der Waals surface area contributed by atoms with E-state index in [1.807, 2.05) is 13.8 Å². The smallest absolute Gasteiger partial charge is 0.271 e. The molecule has 0 bridgehead atoms. The number of amides is 1. The van der Waals surface area contributed by atoms with Crippen LogP contribution < -0.4 is 10.2 Å². The number of nitrogens with zero attached hydrogens (tertiary/aromatic N) is 1. The molecule has 0 aromatic heterocycles. The molecule has 0 fully saturated rings. The summed E-state index contributed by atoms with van der Waals surface area (Å²) >= 11 is 0. The zero-order chi connectivity index (χ0) is 16.8. The van der Waals surface area contributed by atoms with Crippen molar-refractivity contribution in [3.05, 3.63) is 59.7 Å². The predicted molar refractivity (Wildman–Crippen MR) is 90.0 cm³/mol. The molecule has 2 N–H and O–H groups in total. The van der Waals surface area contributed by atoms with Crippen molar-refractivity contribution < 1.29 is 14.6 Å². The highest BCUT2D eigenvalue weighted by atomic mass is 16.5. The molecule has 1 amide bonds. The molecule has 0 radical (unpaired) electrons. The molecule has 0 aliphatic heterocycles. The first-order chi connectivity index (χ1) is 11.0. The van der Waals surface area contributed by atoms with Gasteiger partial charge in [-0.25, -0.2) is 5.43 Å². The van der Waals surface area contributed by atoms with E-state index in [-0.39, 0.29) is 17.8 Å². The molecule has 0 atom stereocenters. The van der Waals surface area contributed by atoms with Crippen LogP contribution in [0.5, 0.6) is 11.5 Å². The minimum Gasteiger partial charge on any atom is -0.508 e. The molecule has 0 heterocycles. The van der Waals surface area contributed by atoms with Crippen LogP contribution in [0.25, 0.3) is 0 Å². The van der Waals surface area contributed by atoms with E-state index >= 15 is 0 Å². The van der Waals surface area contributed by atoms with Crippen LogP contribution in [0.4, 0.5) is 0 Å². The topological polar surface area (TPSA) is 70.9 Å². The average molecular weight is 312 g/mol. The van der Waals surface area contributed by atoms with Gasteiger partial charge in [-0.15, -0.1) is 0 Å². The first-order valence-corrected chi connectivity index (χ1v) is 7.36. The maximum atomic E-state index is 12.1. The number of rotatable bonds is 5. The van der Waals surface area contributed by atoms with Gasteiger partial charge < -0.3 is 9.84 Å². The van der Waals surface area contributed by atoms with Gasteiger partial charge in [0.15, 0.2) is 0 Å². The third-order valence-corrected chi connectivity index (χ3v) is 3.10. The largest absolute Gasteiger partial charge is 0.508 e. The summed E-state index contributed by atoms with van der Waals surface area (Å²) in [4.78, 5) is 12.1. The van der Waals surface area contributed by atoms with Gasteiger partial charge in [-0.05, 0) is 74.9 Å². The minimum atomic E-state index is -0.292. The highest BCUT2D eigenvalue weighted by Crippen LogP contribution is 2.14. The van der Waals surface area contributed by atoms with Crippen molar-refractivity contribution in [1.82, 2.24) is 5.43 Å². The number of nitrogens with one attached hydrogen (secondary N) is 1. The molecule has 0 unspecified atom stereocenters. The van der Waals surface area contributed by atoms with Gasteiger partial charge in [-0.1, -0.05) is 0 Å². The molecule has 2 rings (SSSR count). The Balaban J connectivity index is 2.01. The number of carbonyl (C=O) groups excluding carboxylic acids is 1. The van der Waals surface area contributed by atoms with Crippen LogP contribution in [0.15, 0.2) is 53.6 Å². The highest BCUT2D eigenvalue weighted by molar-refractivity contribution is 6.00. The Morgan fingerprint density at radius 1 is 1.04 bits per heavy atom. The summed E-state index contributed by atoms with van der Waals surface area (Å²) in [7, 11) is 0. The van der Waals surface area contributed by atoms with Crippen molar-refractivity contribution in [3.8, 4) is 11.5 Å². The SMILES string of the molecule is C/C(=N\NC(=O)c1ccc(OC(C)C)cc1)c1ccc(O)cc1. The Labute approximate surface area is 135 Å². The van der Waals surface area contributed by atoms with E-state index in [4.69, 9.17) is 4.74 Å². The number of aromatic hydroxyl groups is 1. The lowest BCUT2D eigenvalue weighted by molar-refractivity contribution is 0.0955. The Hall–Kier alpha value is -2.82. The van der Waals surface area contributed by atoms with Crippen molar-refractivity contribution in [1.29, 1.82) is 0 Å². The molecule has 5 heteroatoms. The van der Waals surface area contributed by atoms with Crippen molar-refractivity contribution >= 4 is 11.6 Å². The molecule has 0 aliphatic carbocycles. The highest BCUT2D eigenvalue weighted by Gasteiger charge is 2.06. The molecule has 0 spiro atoms. The zero-order valence-corrected chi connectivity index (χ0v) is 13.4. The van der Waals surface area contributed by atoms with E-state index in [2.05, 4.69) is 10.5 Å². The van der Waals surface area contributed by atoms with Crippen LogP contribution in [0, 0.1) is 0 Å². The lowest BCUT2D eigenvalue weighted by Crippen LogP contribution is -2.19. The summed E-state index contributed by atoms with van der Waals surface area (Å²) in [5.41, 5.74) is 4.49. The number of phenols is 1. The maximum absolute atomic E-state index is 12.1. The second-order valence-corrected chi connectivity index (χ2v) is 5.38. The van der Waals surface area contributed by atoms with Gasteiger partial charge in [0, 0.05) is 5.56 Å². The number of hydrogen-bond donors (Lipinski definition) is 2. The summed E-state index contributed by atoms with van der Waals surface area (Å²) in [5.74, 6) is 0.619. The molecule has 120 valence electrons. The molecular formula is C18H20N2O3. The lowest BCUT2D eigenvalue weighted by atomic mass is 10.1. The number of hydrazone groups is 1. The minimum absolute atomic E-state index is 0.0900. The molecular weight excluding hydrogens is 292 g/mol. The fraction of sp³-hybridized carbons (Fsp3) is 0.222. The van der Waals surface area contributed by atoms with E-state index in [1.54, 1.807) is 55.5 Å². The van der Waals surface area contributed by atoms with Crippen LogP contribution >= 0.6 is 0 Å². The lowest BCUT2D eigenvalue weighted by Gasteiger charge is -2.09. The van der Waals surface area contributed by atoms with E-state index in [1.165, 1.54) is 0 Å². The predicted octanol–water partition coefficient (Wildman–Crippen LogP) is 3.33. The van der Waals surface area contributed by atoms with Crippen LogP contribution in [0.3, 0.4) is 0 Å². The molecule has 0 saturated heterocycles. The van der Waals surface area contributed by atoms with Crippen LogP contribution in [0.1, 0.15) is 36.7 Å². The summed E-state index contributed by atoms with van der Waals surface area (Å²) in [6.07, 6.45) is 0.0900. The van der Waals surface area contributed by atoms with Crippen molar-refractivity contribution in [2.24, 2.45) is 5.10 Å². The van der Waals surface area contributed by atoms with Gasteiger partial charge in [0.05, 0.1) is 11.8 Å². The summed E-state index contributed by atoms with van der Waals surface area (Å²) in [6, 6.07) is 13.5. The van der Waals surface area contributed by atoms with Gasteiger partial charge >= 0.3 is 0 Å². The number of carbonyl (C=O) groups is 1. The quantitative estimate of drug-likeness (QED) is 0.657. The fourth-order valence-electron chi connectivity index (χ4n) is 1.92. The maximum Gasteiger partial charge on any atom is 0.271 e. The van der Waals surface area contributed by atoms with Gasteiger partial charge in [0.2, 0.25) is 0 Å². The second kappa shape index (κ2) is 7.45. The summed E-state index contributed by atoms with van der Waals surface area (Å²) < 4.78 is 5.53. The third-order valence-electron chi connectivity index (χ3n) is 3.10. The molecule has 5 nitrogen and oxygen atoms in total. The van der Waals surface area contributed by atoms with Gasteiger partial charge in [0.25, 0.3) is 5.91 Å². The number of phenolic OH excluding ortho intramolecular Hbond substituents is 1. The van der Waals surface area contributed by atoms with E-state index < -0.39 is 0 Å². The normalized spacial score (nSPS) is 11.4. The third kappa shape index (κ3) is 4.85. The number of hydrogen-bond acceptors (Lipinski definition) is 4. The Kier molecular flexibility index (Phi) is 5.36. The van der Waals surface area contributed by atoms with E-state index in [9.17, 15) is 9.90 Å². The van der Waals surface area contributed by atoms with Crippen LogP contribution in [-0.2, 0) is 0 Å². The first-order valence-electron chi connectivity index (χ1n) is 7.36. The van der Waals surface area contributed by atoms with Gasteiger partial charge in [-0.2, -0.15) is 5.10 Å². The van der Waals surface area contributed by atoms with E-state index in [0.717, 1.165) is 11.3 Å². The molecule has 23 heavy (non-hydrogen) atoms. The van der Waals surface area contributed by atoms with Crippen molar-refractivity contribution in [2.45, 2.75) is 26.9 Å². The summed E-state index contributed by atoms with van der Waals surface area (Å²) in [5, 5.41) is 13.3. The van der Waals surface area contributed by atoms with Crippen molar-refractivity contribution in [2.75, 3.05) is 0 Å².